The number of hydrogen-bond donors (Lipinski definition) is 2. The molecule has 1 spiro atoms. The van der Waals surface area contributed by atoms with Crippen LogP contribution >= 0.6 is 0 Å². The van der Waals surface area contributed by atoms with Gasteiger partial charge in [-0.05, 0) is 51.0 Å². The van der Waals surface area contributed by atoms with Gasteiger partial charge in [-0.15, -0.1) is 0 Å². The lowest BCUT2D eigenvalue weighted by Gasteiger charge is -2.52. The molecule has 2 rings (SSSR count). The molecule has 7 atom stereocenters. The van der Waals surface area contributed by atoms with E-state index < -0.39 is 35.5 Å². The first-order chi connectivity index (χ1) is 19.9. The van der Waals surface area contributed by atoms with Gasteiger partial charge in [-0.3, -0.25) is 0 Å². The lowest BCUT2D eigenvalue weighted by molar-refractivity contribution is -0.343. The highest BCUT2D eigenvalue weighted by atomic mass is 16.7. The molecule has 236 valence electrons. The van der Waals surface area contributed by atoms with Crippen LogP contribution in [0.5, 0.6) is 0 Å². The van der Waals surface area contributed by atoms with Crippen LogP contribution in [0.2, 0.25) is 0 Å². The number of aliphatic hydroxyl groups is 2. The predicted octanol–water partition coefficient (Wildman–Crippen LogP) is 5.89. The van der Waals surface area contributed by atoms with Crippen LogP contribution in [0.3, 0.4) is 0 Å². The molecule has 0 aromatic rings. The van der Waals surface area contributed by atoms with Crippen molar-refractivity contribution in [3.63, 3.8) is 0 Å². The zero-order valence-electron chi connectivity index (χ0n) is 26.5. The predicted molar refractivity (Wildman–Crippen MR) is 163 cm³/mol. The van der Waals surface area contributed by atoms with Crippen LogP contribution in [-0.4, -0.2) is 66.1 Å². The number of esters is 2. The van der Waals surface area contributed by atoms with Crippen LogP contribution in [0.1, 0.15) is 86.0 Å². The second-order valence-corrected chi connectivity index (χ2v) is 11.9. The summed E-state index contributed by atoms with van der Waals surface area (Å²) in [6.45, 7) is 9.92. The molecule has 7 unspecified atom stereocenters. The summed E-state index contributed by atoms with van der Waals surface area (Å²) in [5.74, 6) is -1.56. The van der Waals surface area contributed by atoms with Crippen LogP contribution in [0, 0.1) is 11.8 Å². The molecule has 2 saturated heterocycles. The van der Waals surface area contributed by atoms with Crippen LogP contribution in [0.4, 0.5) is 0 Å². The normalized spacial score (nSPS) is 30.7. The zero-order chi connectivity index (χ0) is 31.3. The maximum atomic E-state index is 11.7. The van der Waals surface area contributed by atoms with E-state index in [4.69, 9.17) is 14.2 Å². The van der Waals surface area contributed by atoms with Crippen molar-refractivity contribution in [1.29, 1.82) is 0 Å². The fourth-order valence-corrected chi connectivity index (χ4v) is 5.29. The third-order valence-electron chi connectivity index (χ3n) is 8.34. The van der Waals surface area contributed by atoms with E-state index in [2.05, 4.69) is 24.7 Å². The second-order valence-electron chi connectivity index (χ2n) is 11.9. The first kappa shape index (κ1) is 35.7. The maximum Gasteiger partial charge on any atom is 0.330 e. The Balaban J connectivity index is 2.13. The standard InChI is InChI=1S/C34H52O8/c1-8-9-19-33(38)21-22-34(42-30(33)16-12-25(3)23-32(37)40-7)20-18-27(5)29(41-34)15-11-24(2)10-14-28(35)26(4)13-17-31(36)39-6/h10-14,16-17,23,26-30,35,38H,8-9,15,18-22H2,1-7H3/b14-10+,16-12+,17-13+,24-11+,25-23+. The van der Waals surface area contributed by atoms with Crippen molar-refractivity contribution < 1.29 is 38.7 Å². The summed E-state index contributed by atoms with van der Waals surface area (Å²) in [4.78, 5) is 23.0. The Hall–Kier alpha value is -2.52. The number of ether oxygens (including phenoxy) is 4. The first-order valence-electron chi connectivity index (χ1n) is 15.2. The highest BCUT2D eigenvalue weighted by Gasteiger charge is 2.51. The zero-order valence-corrected chi connectivity index (χ0v) is 26.5. The molecular formula is C34H52O8. The lowest BCUT2D eigenvalue weighted by Crippen LogP contribution is -2.58. The number of allylic oxidation sites excluding steroid dienone is 4. The third kappa shape index (κ3) is 11.0. The summed E-state index contributed by atoms with van der Waals surface area (Å²) in [5, 5.41) is 22.0. The minimum Gasteiger partial charge on any atom is -0.466 e. The molecule has 2 aliphatic heterocycles. The molecule has 2 aliphatic rings. The molecule has 0 amide bonds. The lowest BCUT2D eigenvalue weighted by atomic mass is 9.78. The van der Waals surface area contributed by atoms with E-state index in [0.717, 1.165) is 31.3 Å². The van der Waals surface area contributed by atoms with Crippen LogP contribution < -0.4 is 0 Å². The van der Waals surface area contributed by atoms with Gasteiger partial charge in [-0.1, -0.05) is 75.6 Å². The molecule has 0 bridgehead atoms. The van der Waals surface area contributed by atoms with E-state index in [0.29, 0.717) is 37.2 Å². The number of unbranched alkanes of at least 4 members (excludes halogenated alkanes) is 1. The Labute approximate surface area is 252 Å². The van der Waals surface area contributed by atoms with Crippen molar-refractivity contribution in [2.24, 2.45) is 11.8 Å². The van der Waals surface area contributed by atoms with E-state index in [1.807, 2.05) is 32.9 Å². The quantitative estimate of drug-likeness (QED) is 0.156. The van der Waals surface area contributed by atoms with E-state index >= 15 is 0 Å². The van der Waals surface area contributed by atoms with Gasteiger partial charge in [0.05, 0.1) is 32.0 Å². The Morgan fingerprint density at radius 1 is 1.00 bits per heavy atom. The number of methoxy groups -OCH3 is 2. The van der Waals surface area contributed by atoms with E-state index in [1.54, 1.807) is 18.2 Å². The van der Waals surface area contributed by atoms with Crippen molar-refractivity contribution in [1.82, 2.24) is 0 Å². The molecule has 0 aromatic heterocycles. The molecule has 2 heterocycles. The van der Waals surface area contributed by atoms with Gasteiger partial charge in [-0.25, -0.2) is 9.59 Å². The average molecular weight is 589 g/mol. The van der Waals surface area contributed by atoms with E-state index in [-0.39, 0.29) is 12.0 Å². The second kappa shape index (κ2) is 16.9. The molecule has 0 aliphatic carbocycles. The van der Waals surface area contributed by atoms with Crippen molar-refractivity contribution in [3.05, 3.63) is 59.8 Å². The summed E-state index contributed by atoms with van der Waals surface area (Å²) in [6, 6.07) is 0. The highest BCUT2D eigenvalue weighted by Crippen LogP contribution is 2.46. The van der Waals surface area contributed by atoms with Crippen LogP contribution in [0.25, 0.3) is 0 Å². The maximum absolute atomic E-state index is 11.7. The van der Waals surface area contributed by atoms with Crippen LogP contribution in [-0.2, 0) is 28.5 Å². The van der Waals surface area contributed by atoms with Gasteiger partial charge in [-0.2, -0.15) is 0 Å². The monoisotopic (exact) mass is 588 g/mol. The van der Waals surface area contributed by atoms with E-state index in [9.17, 15) is 19.8 Å². The minimum absolute atomic E-state index is 0.0543. The third-order valence-corrected chi connectivity index (χ3v) is 8.34. The topological polar surface area (TPSA) is 112 Å². The molecule has 42 heavy (non-hydrogen) atoms. The van der Waals surface area contributed by atoms with Gasteiger partial charge in [0.15, 0.2) is 5.79 Å². The Bertz CT molecular complexity index is 1040. The van der Waals surface area contributed by atoms with Gasteiger partial charge in [0.25, 0.3) is 0 Å². The first-order valence-corrected chi connectivity index (χ1v) is 15.2. The summed E-state index contributed by atoms with van der Waals surface area (Å²) in [7, 11) is 2.66. The highest BCUT2D eigenvalue weighted by molar-refractivity contribution is 5.83. The number of hydrogen-bond acceptors (Lipinski definition) is 8. The molecule has 8 nitrogen and oxygen atoms in total. The fraction of sp³-hybridized carbons (Fsp3) is 0.647. The summed E-state index contributed by atoms with van der Waals surface area (Å²) < 4.78 is 22.7. The molecule has 0 aromatic carbocycles. The van der Waals surface area contributed by atoms with Gasteiger partial charge in [0.1, 0.15) is 6.10 Å². The summed E-state index contributed by atoms with van der Waals surface area (Å²) >= 11 is 0. The molecule has 2 fully saturated rings. The Morgan fingerprint density at radius 2 is 1.71 bits per heavy atom. The number of carbonyl (C=O) groups excluding carboxylic acids is 2. The van der Waals surface area contributed by atoms with Gasteiger partial charge >= 0.3 is 11.9 Å². The van der Waals surface area contributed by atoms with Gasteiger partial charge in [0, 0.05) is 30.9 Å². The van der Waals surface area contributed by atoms with Crippen molar-refractivity contribution in [2.75, 3.05) is 14.2 Å². The smallest absolute Gasteiger partial charge is 0.330 e. The van der Waals surface area contributed by atoms with Crippen LogP contribution in [0.15, 0.2) is 59.8 Å². The SMILES string of the molecule is CCCCC1(O)CCC2(CCC(C)C(C/C=C(C)/C=C/C(O)C(C)/C=C/C(=O)OC)O2)OC1/C=C/C(C)=C/C(=O)OC. The largest absolute Gasteiger partial charge is 0.466 e. The molecule has 0 radical (unpaired) electrons. The molecule has 2 N–H and O–H groups in total. The van der Waals surface area contributed by atoms with Crippen molar-refractivity contribution >= 4 is 11.9 Å². The molecular weight excluding hydrogens is 536 g/mol. The van der Waals surface area contributed by atoms with Crippen molar-refractivity contribution in [3.8, 4) is 0 Å². The number of carbonyl (C=O) groups is 2. The fourth-order valence-electron chi connectivity index (χ4n) is 5.29. The van der Waals surface area contributed by atoms with E-state index in [1.165, 1.54) is 26.4 Å². The number of aliphatic hydroxyl groups excluding tert-OH is 1. The summed E-state index contributed by atoms with van der Waals surface area (Å²) in [6.07, 6.45) is 18.4. The summed E-state index contributed by atoms with van der Waals surface area (Å²) in [5.41, 5.74) is 0.712. The molecule has 0 saturated carbocycles. The van der Waals surface area contributed by atoms with Crippen molar-refractivity contribution in [2.45, 2.75) is 116 Å². The number of rotatable bonds is 13. The average Bonchev–Trinajstić information content (AvgIpc) is 2.98. The van der Waals surface area contributed by atoms with Gasteiger partial charge in [0.2, 0.25) is 0 Å². The molecule has 8 heteroatoms. The van der Waals surface area contributed by atoms with Gasteiger partial charge < -0.3 is 29.2 Å². The Morgan fingerprint density at radius 3 is 2.38 bits per heavy atom. The minimum atomic E-state index is -1.00. The Kier molecular flexibility index (Phi) is 14.4.